The van der Waals surface area contributed by atoms with Crippen molar-refractivity contribution >= 4 is 0 Å². The first-order valence-corrected chi connectivity index (χ1v) is 2.89. The number of nitrogens with zero attached hydrogens (tertiary/aromatic N) is 2. The van der Waals surface area contributed by atoms with Crippen molar-refractivity contribution < 1.29 is 21.8 Å². The molecule has 0 aromatic carbocycles. The maximum absolute atomic E-state index is 3.90. The Labute approximate surface area is 70.5 Å². The van der Waals surface area contributed by atoms with Crippen LogP contribution in [0.15, 0.2) is 18.7 Å². The first kappa shape index (κ1) is 12.3. The third-order valence-electron chi connectivity index (χ3n) is 1.04. The average molecular weight is 186 g/mol. The van der Waals surface area contributed by atoms with Crippen LogP contribution in [0, 0.1) is 0 Å². The summed E-state index contributed by atoms with van der Waals surface area (Å²) < 4.78 is 2.07. The van der Waals surface area contributed by atoms with Crippen molar-refractivity contribution in [1.29, 1.82) is 0 Å². The predicted octanol–water partition coefficient (Wildman–Crippen LogP) is 1.44. The van der Waals surface area contributed by atoms with Gasteiger partial charge in [-0.2, -0.15) is 0 Å². The molecule has 2 nitrogen and oxygen atoms in total. The normalized spacial score (nSPS) is 7.70. The zero-order chi connectivity index (χ0) is 5.82. The largest absolute Gasteiger partial charge is 0.338 e. The molecule has 1 rings (SSSR count). The van der Waals surface area contributed by atoms with E-state index in [-0.39, 0.29) is 21.8 Å². The van der Waals surface area contributed by atoms with E-state index in [0.29, 0.717) is 0 Å². The van der Waals surface area contributed by atoms with Crippen LogP contribution in [-0.2, 0) is 23.6 Å². The summed E-state index contributed by atoms with van der Waals surface area (Å²) in [5.41, 5.74) is 0. The third kappa shape index (κ3) is 3.64. The van der Waals surface area contributed by atoms with E-state index in [1.807, 2.05) is 12.5 Å². The van der Waals surface area contributed by atoms with Gasteiger partial charge in [0.2, 0.25) is 0 Å². The SMILES string of the molecule is CCCn1ccnc1.F.[Fe]. The number of rotatable bonds is 2. The second-order valence-corrected chi connectivity index (χ2v) is 1.80. The second-order valence-electron chi connectivity index (χ2n) is 1.80. The van der Waals surface area contributed by atoms with E-state index in [0.717, 1.165) is 6.54 Å². The summed E-state index contributed by atoms with van der Waals surface area (Å²) in [6, 6.07) is 0. The van der Waals surface area contributed by atoms with Crippen molar-refractivity contribution in [3.05, 3.63) is 18.7 Å². The van der Waals surface area contributed by atoms with Gasteiger partial charge >= 0.3 is 0 Å². The van der Waals surface area contributed by atoms with E-state index in [4.69, 9.17) is 0 Å². The van der Waals surface area contributed by atoms with E-state index in [2.05, 4.69) is 16.5 Å². The summed E-state index contributed by atoms with van der Waals surface area (Å²) in [6.45, 7) is 3.24. The van der Waals surface area contributed by atoms with Crippen molar-refractivity contribution in [3.63, 3.8) is 0 Å². The summed E-state index contributed by atoms with van der Waals surface area (Å²) in [7, 11) is 0. The maximum atomic E-state index is 3.90. The predicted molar refractivity (Wildman–Crippen MR) is 35.0 cm³/mol. The molecular weight excluding hydrogens is 175 g/mol. The summed E-state index contributed by atoms with van der Waals surface area (Å²) in [5.74, 6) is 0. The molecule has 0 bridgehead atoms. The van der Waals surface area contributed by atoms with Gasteiger partial charge in [0.25, 0.3) is 0 Å². The maximum Gasteiger partial charge on any atom is 0.0945 e. The van der Waals surface area contributed by atoms with Crippen LogP contribution in [-0.4, -0.2) is 9.55 Å². The fourth-order valence-corrected chi connectivity index (χ4v) is 0.677. The third-order valence-corrected chi connectivity index (χ3v) is 1.04. The summed E-state index contributed by atoms with van der Waals surface area (Å²) >= 11 is 0. The zero-order valence-corrected chi connectivity index (χ0v) is 6.91. The van der Waals surface area contributed by atoms with Gasteiger partial charge in [0.1, 0.15) is 0 Å². The summed E-state index contributed by atoms with van der Waals surface area (Å²) in [5, 5.41) is 0. The Kier molecular flexibility index (Phi) is 8.36. The molecule has 0 amide bonds. The first-order valence-electron chi connectivity index (χ1n) is 2.89. The fourth-order valence-electron chi connectivity index (χ4n) is 0.677. The van der Waals surface area contributed by atoms with Crippen LogP contribution in [0.5, 0.6) is 0 Å². The number of hydrogen-bond donors (Lipinski definition) is 0. The van der Waals surface area contributed by atoms with Crippen molar-refractivity contribution in [2.24, 2.45) is 0 Å². The van der Waals surface area contributed by atoms with Crippen molar-refractivity contribution in [3.8, 4) is 0 Å². The molecule has 0 radical (unpaired) electrons. The molecule has 1 aromatic heterocycles. The summed E-state index contributed by atoms with van der Waals surface area (Å²) in [4.78, 5) is 3.90. The smallest absolute Gasteiger partial charge is 0.0945 e. The fraction of sp³-hybridized carbons (Fsp3) is 0.500. The minimum Gasteiger partial charge on any atom is -0.338 e. The Hall–Kier alpha value is -0.341. The monoisotopic (exact) mass is 186 g/mol. The molecule has 0 saturated heterocycles. The van der Waals surface area contributed by atoms with Gasteiger partial charge in [0, 0.05) is 36.0 Å². The Morgan fingerprint density at radius 3 is 2.60 bits per heavy atom. The van der Waals surface area contributed by atoms with Crippen LogP contribution in [0.4, 0.5) is 4.70 Å². The van der Waals surface area contributed by atoms with Gasteiger partial charge in [0.05, 0.1) is 6.33 Å². The van der Waals surface area contributed by atoms with E-state index in [9.17, 15) is 0 Å². The van der Waals surface area contributed by atoms with Crippen LogP contribution in [0.25, 0.3) is 0 Å². The second kappa shape index (κ2) is 6.77. The molecule has 0 aliphatic heterocycles. The molecule has 0 spiro atoms. The molecule has 0 aliphatic rings. The number of aromatic nitrogens is 2. The average Bonchev–Trinajstić information content (AvgIpc) is 2.19. The molecule has 1 aromatic rings. The van der Waals surface area contributed by atoms with Crippen LogP contribution in [0.1, 0.15) is 13.3 Å². The molecule has 1 heterocycles. The van der Waals surface area contributed by atoms with Gasteiger partial charge in [-0.1, -0.05) is 6.92 Å². The van der Waals surface area contributed by atoms with Crippen LogP contribution < -0.4 is 0 Å². The molecule has 4 heteroatoms. The number of imidazole rings is 1. The van der Waals surface area contributed by atoms with Gasteiger partial charge in [0.15, 0.2) is 0 Å². The minimum absolute atomic E-state index is 0. The van der Waals surface area contributed by atoms with E-state index in [1.165, 1.54) is 6.42 Å². The quantitative estimate of drug-likeness (QED) is 0.639. The molecule has 0 unspecified atom stereocenters. The van der Waals surface area contributed by atoms with Gasteiger partial charge in [-0.05, 0) is 6.42 Å². The first-order chi connectivity index (χ1) is 3.93. The van der Waals surface area contributed by atoms with Crippen molar-refractivity contribution in [2.75, 3.05) is 0 Å². The van der Waals surface area contributed by atoms with Gasteiger partial charge in [-0.25, -0.2) is 4.98 Å². The number of halogens is 1. The number of hydrogen-bond acceptors (Lipinski definition) is 1. The Balaban J connectivity index is 0. The van der Waals surface area contributed by atoms with Crippen LogP contribution >= 0.6 is 0 Å². The number of aryl methyl sites for hydroxylation is 1. The van der Waals surface area contributed by atoms with Gasteiger partial charge in [-0.3, -0.25) is 4.70 Å². The molecule has 0 fully saturated rings. The molecule has 10 heavy (non-hydrogen) atoms. The Morgan fingerprint density at radius 1 is 1.50 bits per heavy atom. The van der Waals surface area contributed by atoms with Crippen molar-refractivity contribution in [1.82, 2.24) is 9.55 Å². The van der Waals surface area contributed by atoms with E-state index in [1.54, 1.807) is 6.20 Å². The Morgan fingerprint density at radius 2 is 2.20 bits per heavy atom. The molecule has 0 atom stereocenters. The van der Waals surface area contributed by atoms with Crippen LogP contribution in [0.3, 0.4) is 0 Å². The zero-order valence-electron chi connectivity index (χ0n) is 5.80. The topological polar surface area (TPSA) is 17.8 Å². The van der Waals surface area contributed by atoms with Crippen LogP contribution in [0.2, 0.25) is 0 Å². The van der Waals surface area contributed by atoms with Gasteiger partial charge < -0.3 is 4.57 Å². The molecular formula is C6H11FFeN2. The van der Waals surface area contributed by atoms with E-state index < -0.39 is 0 Å². The molecule has 0 aliphatic carbocycles. The van der Waals surface area contributed by atoms with E-state index >= 15 is 0 Å². The minimum atomic E-state index is 0. The molecule has 0 N–H and O–H groups in total. The molecule has 60 valence electrons. The summed E-state index contributed by atoms with van der Waals surface area (Å²) in [6.07, 6.45) is 6.79. The molecule has 0 saturated carbocycles. The van der Waals surface area contributed by atoms with Gasteiger partial charge in [-0.15, -0.1) is 0 Å². The Bertz CT molecular complexity index is 141. The van der Waals surface area contributed by atoms with Crippen molar-refractivity contribution in [2.45, 2.75) is 19.9 Å². The standard InChI is InChI=1S/C6H10N2.FH.Fe/c1-2-4-8-5-3-7-6-8;;/h3,5-6H,2,4H2,1H3;1H;.